The van der Waals surface area contributed by atoms with Crippen LogP contribution in [-0.4, -0.2) is 15.9 Å². The lowest BCUT2D eigenvalue weighted by Crippen LogP contribution is -2.15. The third kappa shape index (κ3) is 4.48. The number of nitrogens with zero attached hydrogens (tertiary/aromatic N) is 2. The zero-order valence-electron chi connectivity index (χ0n) is 16.4. The van der Waals surface area contributed by atoms with Gasteiger partial charge in [-0.1, -0.05) is 35.9 Å². The summed E-state index contributed by atoms with van der Waals surface area (Å²) in [6, 6.07) is 16.6. The first-order valence-corrected chi connectivity index (χ1v) is 9.85. The van der Waals surface area contributed by atoms with Crippen LogP contribution in [0.2, 0.25) is 5.02 Å². The summed E-state index contributed by atoms with van der Waals surface area (Å²) in [7, 11) is 0. The number of hydrogen-bond acceptors (Lipinski definition) is 3. The highest BCUT2D eigenvalue weighted by Crippen LogP contribution is 2.41. The monoisotopic (exact) mass is 453 g/mol. The number of alkyl halides is 3. The summed E-state index contributed by atoms with van der Waals surface area (Å²) in [4.78, 5) is 21.1. The number of aromatic nitrogens is 2. The molecule has 4 rings (SSSR count). The van der Waals surface area contributed by atoms with Crippen molar-refractivity contribution in [2.45, 2.75) is 6.18 Å². The number of halogens is 4. The molecule has 1 N–H and O–H groups in total. The van der Waals surface area contributed by atoms with Gasteiger partial charge in [-0.25, -0.2) is 0 Å². The lowest BCUT2D eigenvalue weighted by Gasteiger charge is -2.18. The molecule has 160 valence electrons. The van der Waals surface area contributed by atoms with E-state index in [0.717, 1.165) is 6.07 Å². The van der Waals surface area contributed by atoms with E-state index in [1.807, 2.05) is 0 Å². The Hall–Kier alpha value is -3.71. The largest absolute Gasteiger partial charge is 0.417 e. The minimum absolute atomic E-state index is 0.0269. The number of carbonyl (C=O) groups excluding carboxylic acids is 1. The summed E-state index contributed by atoms with van der Waals surface area (Å²) in [5, 5.41) is 3.03. The lowest BCUT2D eigenvalue weighted by molar-refractivity contribution is -0.137. The molecular formula is C24H15ClF3N3O. The van der Waals surface area contributed by atoms with Crippen LogP contribution in [0.5, 0.6) is 0 Å². The molecule has 2 heterocycles. The number of amides is 1. The van der Waals surface area contributed by atoms with E-state index >= 15 is 0 Å². The van der Waals surface area contributed by atoms with E-state index in [1.54, 1.807) is 42.6 Å². The number of anilines is 1. The second-order valence-corrected chi connectivity index (χ2v) is 7.24. The zero-order chi connectivity index (χ0) is 22.7. The molecule has 0 atom stereocenters. The van der Waals surface area contributed by atoms with Crippen molar-refractivity contribution in [3.05, 3.63) is 101 Å². The first-order valence-electron chi connectivity index (χ1n) is 9.47. The van der Waals surface area contributed by atoms with Crippen molar-refractivity contribution in [2.75, 3.05) is 5.32 Å². The summed E-state index contributed by atoms with van der Waals surface area (Å²) in [5.41, 5.74) is 0.615. The van der Waals surface area contributed by atoms with Gasteiger partial charge in [-0.3, -0.25) is 14.8 Å². The molecule has 0 aliphatic heterocycles. The van der Waals surface area contributed by atoms with E-state index in [2.05, 4.69) is 15.3 Å². The van der Waals surface area contributed by atoms with Gasteiger partial charge in [0.1, 0.15) is 0 Å². The molecule has 0 unspecified atom stereocenters. The van der Waals surface area contributed by atoms with Gasteiger partial charge in [0.05, 0.1) is 16.3 Å². The molecule has 32 heavy (non-hydrogen) atoms. The maximum atomic E-state index is 13.7. The van der Waals surface area contributed by atoms with Crippen molar-refractivity contribution in [1.29, 1.82) is 0 Å². The van der Waals surface area contributed by atoms with Crippen LogP contribution in [0.25, 0.3) is 22.4 Å². The highest BCUT2D eigenvalue weighted by molar-refractivity contribution is 6.33. The average Bonchev–Trinajstić information content (AvgIpc) is 2.79. The molecule has 0 bridgehead atoms. The fraction of sp³-hybridized carbons (Fsp3) is 0.0417. The van der Waals surface area contributed by atoms with Crippen molar-refractivity contribution in [3.63, 3.8) is 0 Å². The molecule has 0 saturated heterocycles. The van der Waals surface area contributed by atoms with Crippen LogP contribution in [0.3, 0.4) is 0 Å². The summed E-state index contributed by atoms with van der Waals surface area (Å²) < 4.78 is 41.1. The molecule has 8 heteroatoms. The van der Waals surface area contributed by atoms with Crippen LogP contribution >= 0.6 is 11.6 Å². The second kappa shape index (κ2) is 8.80. The number of carbonyl (C=O) groups is 1. The number of pyridine rings is 2. The molecule has 2 aromatic heterocycles. The third-order valence-corrected chi connectivity index (χ3v) is 5.03. The molecule has 0 aliphatic carbocycles. The molecule has 0 radical (unpaired) electrons. The fourth-order valence-corrected chi connectivity index (χ4v) is 3.55. The van der Waals surface area contributed by atoms with Crippen LogP contribution in [0, 0.1) is 0 Å². The summed E-state index contributed by atoms with van der Waals surface area (Å²) in [6.07, 6.45) is -0.242. The molecule has 4 nitrogen and oxygen atoms in total. The molecular weight excluding hydrogens is 439 g/mol. The van der Waals surface area contributed by atoms with Gasteiger partial charge in [-0.2, -0.15) is 13.2 Å². The Morgan fingerprint density at radius 2 is 1.66 bits per heavy atom. The predicted octanol–water partition coefficient (Wildman–Crippen LogP) is 6.74. The first-order chi connectivity index (χ1) is 15.3. The zero-order valence-corrected chi connectivity index (χ0v) is 17.2. The Labute approximate surface area is 186 Å². The summed E-state index contributed by atoms with van der Waals surface area (Å²) >= 11 is 6.19. The molecule has 0 saturated carbocycles. The number of rotatable bonds is 4. The normalized spacial score (nSPS) is 11.2. The molecule has 2 aromatic carbocycles. The van der Waals surface area contributed by atoms with Gasteiger partial charge in [0.2, 0.25) is 0 Å². The molecule has 0 spiro atoms. The van der Waals surface area contributed by atoms with E-state index < -0.39 is 17.6 Å². The fourth-order valence-electron chi connectivity index (χ4n) is 3.31. The van der Waals surface area contributed by atoms with Crippen LogP contribution in [0.4, 0.5) is 18.9 Å². The van der Waals surface area contributed by atoms with E-state index in [0.29, 0.717) is 16.3 Å². The smallest absolute Gasteiger partial charge is 0.321 e. The van der Waals surface area contributed by atoms with Crippen molar-refractivity contribution >= 4 is 23.2 Å². The second-order valence-electron chi connectivity index (χ2n) is 6.84. The first kappa shape index (κ1) is 21.5. The van der Waals surface area contributed by atoms with Gasteiger partial charge in [-0.15, -0.1) is 0 Å². The van der Waals surface area contributed by atoms with Crippen LogP contribution in [0.15, 0.2) is 85.3 Å². The Kier molecular flexibility index (Phi) is 5.92. The minimum Gasteiger partial charge on any atom is -0.321 e. The topological polar surface area (TPSA) is 54.9 Å². The van der Waals surface area contributed by atoms with Gasteiger partial charge in [-0.05, 0) is 42.5 Å². The molecule has 1 amide bonds. The standard InChI is InChI=1S/C24H15ClF3N3O/c25-19-9-4-12-30-22(19)15-5-1-6-16(13-15)23(32)31-20-10-2-8-18(24(26,27)28)21(20)17-7-3-11-29-14-17/h1-14H,(H,31,32). The van der Waals surface area contributed by atoms with Crippen molar-refractivity contribution in [1.82, 2.24) is 9.97 Å². The SMILES string of the molecule is O=C(Nc1cccc(C(F)(F)F)c1-c1cccnc1)c1cccc(-c2ncccc2Cl)c1. The average molecular weight is 454 g/mol. The Morgan fingerprint density at radius 1 is 0.906 bits per heavy atom. The Balaban J connectivity index is 1.74. The Morgan fingerprint density at radius 3 is 2.38 bits per heavy atom. The highest BCUT2D eigenvalue weighted by Gasteiger charge is 2.35. The molecule has 0 fully saturated rings. The summed E-state index contributed by atoms with van der Waals surface area (Å²) in [6.45, 7) is 0. The van der Waals surface area contributed by atoms with Gasteiger partial charge < -0.3 is 5.32 Å². The maximum absolute atomic E-state index is 13.7. The highest BCUT2D eigenvalue weighted by atomic mass is 35.5. The van der Waals surface area contributed by atoms with Gasteiger partial charge in [0.25, 0.3) is 5.91 Å². The van der Waals surface area contributed by atoms with Crippen LogP contribution < -0.4 is 5.32 Å². The van der Waals surface area contributed by atoms with Gasteiger partial charge in [0, 0.05) is 46.5 Å². The Bertz CT molecular complexity index is 1280. The van der Waals surface area contributed by atoms with Crippen molar-refractivity contribution < 1.29 is 18.0 Å². The number of benzene rings is 2. The number of nitrogens with one attached hydrogen (secondary N) is 1. The molecule has 0 aliphatic rings. The van der Waals surface area contributed by atoms with Crippen molar-refractivity contribution in [3.8, 4) is 22.4 Å². The van der Waals surface area contributed by atoms with Crippen molar-refractivity contribution in [2.24, 2.45) is 0 Å². The maximum Gasteiger partial charge on any atom is 0.417 e. The van der Waals surface area contributed by atoms with E-state index in [9.17, 15) is 18.0 Å². The van der Waals surface area contributed by atoms with Gasteiger partial charge >= 0.3 is 6.18 Å². The number of hydrogen-bond donors (Lipinski definition) is 1. The van der Waals surface area contributed by atoms with E-state index in [1.165, 1.54) is 36.7 Å². The van der Waals surface area contributed by atoms with Crippen LogP contribution in [-0.2, 0) is 6.18 Å². The minimum atomic E-state index is -4.61. The lowest BCUT2D eigenvalue weighted by atomic mass is 9.98. The third-order valence-electron chi connectivity index (χ3n) is 4.72. The van der Waals surface area contributed by atoms with Gasteiger partial charge in [0.15, 0.2) is 0 Å². The molecule has 4 aromatic rings. The quantitative estimate of drug-likeness (QED) is 0.372. The predicted molar refractivity (Wildman–Crippen MR) is 117 cm³/mol. The summed E-state index contributed by atoms with van der Waals surface area (Å²) in [5.74, 6) is -0.566. The van der Waals surface area contributed by atoms with E-state index in [4.69, 9.17) is 11.6 Å². The van der Waals surface area contributed by atoms with E-state index in [-0.39, 0.29) is 22.4 Å². The van der Waals surface area contributed by atoms with Crippen LogP contribution in [0.1, 0.15) is 15.9 Å².